The highest BCUT2D eigenvalue weighted by atomic mass is 127. The Kier molecular flexibility index (Phi) is 6.42. The first kappa shape index (κ1) is 22.3. The number of fused-ring (bicyclic) bond motifs is 5. The zero-order valence-electron chi connectivity index (χ0n) is 17.9. The summed E-state index contributed by atoms with van der Waals surface area (Å²) in [7, 11) is 1.76. The van der Waals surface area contributed by atoms with Gasteiger partial charge in [0, 0.05) is 26.7 Å². The molecule has 4 atom stereocenters. The highest BCUT2D eigenvalue weighted by Gasteiger charge is 2.58. The highest BCUT2D eigenvalue weighted by Crippen LogP contribution is 2.52. The molecule has 3 aliphatic carbocycles. The Hall–Kier alpha value is -1.90. The van der Waals surface area contributed by atoms with Crippen molar-refractivity contribution in [2.75, 3.05) is 26.7 Å². The molecule has 3 fully saturated rings. The molecule has 166 valence electrons. The topological polar surface area (TPSA) is 73.8 Å². The van der Waals surface area contributed by atoms with Gasteiger partial charge in [0.25, 0.3) is 0 Å². The van der Waals surface area contributed by atoms with Crippen LogP contribution < -0.4 is 10.6 Å². The lowest BCUT2D eigenvalue weighted by atomic mass is 9.85. The van der Waals surface area contributed by atoms with Crippen LogP contribution in [0.5, 0.6) is 0 Å². The Morgan fingerprint density at radius 1 is 1.06 bits per heavy atom. The molecule has 1 saturated heterocycles. The van der Waals surface area contributed by atoms with Gasteiger partial charge in [-0.2, -0.15) is 0 Å². The van der Waals surface area contributed by atoms with Crippen LogP contribution in [-0.4, -0.2) is 49.4 Å². The van der Waals surface area contributed by atoms with E-state index in [1.807, 2.05) is 0 Å². The maximum absolute atomic E-state index is 12.8. The number of nitrogens with zero attached hydrogens (tertiary/aromatic N) is 2. The van der Waals surface area contributed by atoms with E-state index in [1.165, 1.54) is 23.3 Å². The number of aliphatic imine (C=N–C) groups is 1. The molecule has 0 radical (unpaired) electrons. The molecule has 1 aliphatic heterocycles. The normalized spacial score (nSPS) is 29.7. The molecule has 2 N–H and O–H groups in total. The van der Waals surface area contributed by atoms with E-state index in [4.69, 9.17) is 0 Å². The third-order valence-corrected chi connectivity index (χ3v) is 7.42. The molecule has 4 aliphatic rings. The summed E-state index contributed by atoms with van der Waals surface area (Å²) in [5.74, 6) is 1.08. The lowest BCUT2D eigenvalue weighted by Gasteiger charge is -2.20. The van der Waals surface area contributed by atoms with Crippen molar-refractivity contribution in [2.45, 2.75) is 25.7 Å². The van der Waals surface area contributed by atoms with Gasteiger partial charge in [0.15, 0.2) is 5.96 Å². The molecule has 2 amide bonds. The summed E-state index contributed by atoms with van der Waals surface area (Å²) >= 11 is 0. The molecule has 7 heteroatoms. The second-order valence-electron chi connectivity index (χ2n) is 9.34. The second-order valence-corrected chi connectivity index (χ2v) is 9.34. The minimum Gasteiger partial charge on any atom is -0.356 e. The van der Waals surface area contributed by atoms with Crippen molar-refractivity contribution in [3.8, 4) is 0 Å². The number of nitrogens with one attached hydrogen (secondary N) is 2. The fourth-order valence-corrected chi connectivity index (χ4v) is 5.58. The van der Waals surface area contributed by atoms with E-state index < -0.39 is 0 Å². The van der Waals surface area contributed by atoms with E-state index in [2.05, 4.69) is 58.1 Å². The summed E-state index contributed by atoms with van der Waals surface area (Å²) in [4.78, 5) is 31.3. The van der Waals surface area contributed by atoms with Crippen LogP contribution in [-0.2, 0) is 16.0 Å². The molecule has 2 bridgehead atoms. The van der Waals surface area contributed by atoms with E-state index >= 15 is 0 Å². The number of carbonyl (C=O) groups is 2. The van der Waals surface area contributed by atoms with Gasteiger partial charge < -0.3 is 10.6 Å². The highest BCUT2D eigenvalue weighted by molar-refractivity contribution is 14.0. The summed E-state index contributed by atoms with van der Waals surface area (Å²) in [6.45, 7) is 1.80. The van der Waals surface area contributed by atoms with E-state index in [0.717, 1.165) is 25.3 Å². The van der Waals surface area contributed by atoms with Crippen molar-refractivity contribution in [1.82, 2.24) is 15.5 Å². The van der Waals surface area contributed by atoms with Crippen molar-refractivity contribution < 1.29 is 9.59 Å². The number of hydrogen-bond acceptors (Lipinski definition) is 3. The Morgan fingerprint density at radius 2 is 1.71 bits per heavy atom. The van der Waals surface area contributed by atoms with Crippen LogP contribution in [0.25, 0.3) is 0 Å². The van der Waals surface area contributed by atoms with Crippen molar-refractivity contribution in [2.24, 2.45) is 34.1 Å². The molecule has 31 heavy (non-hydrogen) atoms. The van der Waals surface area contributed by atoms with Gasteiger partial charge in [-0.3, -0.25) is 19.5 Å². The standard InChI is InChI=1S/C24H30N4O2.HI/c1-25-23(27-15-24(9-10-24)14-16-5-3-2-4-6-16)26-11-12-28-21(29)19-17-7-8-18(13-17)20(19)22(28)30;/h2-8,17-20H,9-15H2,1H3,(H2,25,26,27);1H. The van der Waals surface area contributed by atoms with E-state index in [-0.39, 0.29) is 59.5 Å². The average molecular weight is 534 g/mol. The maximum atomic E-state index is 12.8. The largest absolute Gasteiger partial charge is 0.356 e. The van der Waals surface area contributed by atoms with Gasteiger partial charge in [0.1, 0.15) is 0 Å². The van der Waals surface area contributed by atoms with E-state index in [1.54, 1.807) is 7.05 Å². The van der Waals surface area contributed by atoms with Gasteiger partial charge in [-0.25, -0.2) is 0 Å². The lowest BCUT2D eigenvalue weighted by Crippen LogP contribution is -2.45. The summed E-state index contributed by atoms with van der Waals surface area (Å²) in [6, 6.07) is 10.6. The Morgan fingerprint density at radius 3 is 2.29 bits per heavy atom. The number of hydrogen-bond donors (Lipinski definition) is 2. The van der Waals surface area contributed by atoms with Gasteiger partial charge in [0.2, 0.25) is 11.8 Å². The molecule has 2 saturated carbocycles. The van der Waals surface area contributed by atoms with Gasteiger partial charge in [-0.15, -0.1) is 24.0 Å². The minimum absolute atomic E-state index is 0. The molecular weight excluding hydrogens is 503 g/mol. The molecule has 0 spiro atoms. The Labute approximate surface area is 201 Å². The first-order valence-electron chi connectivity index (χ1n) is 11.1. The third kappa shape index (κ3) is 4.25. The first-order valence-corrected chi connectivity index (χ1v) is 11.1. The number of imide groups is 1. The molecular formula is C24H31IN4O2. The Bertz CT molecular complexity index is 866. The quantitative estimate of drug-likeness (QED) is 0.186. The minimum atomic E-state index is -0.113. The molecule has 1 aromatic rings. The van der Waals surface area contributed by atoms with Crippen molar-refractivity contribution in [3.63, 3.8) is 0 Å². The molecule has 1 heterocycles. The van der Waals surface area contributed by atoms with Gasteiger partial charge in [-0.05, 0) is 48.5 Å². The summed E-state index contributed by atoms with van der Waals surface area (Å²) in [5, 5.41) is 6.73. The summed E-state index contributed by atoms with van der Waals surface area (Å²) < 4.78 is 0. The fourth-order valence-electron chi connectivity index (χ4n) is 5.58. The SMILES string of the molecule is CN=C(NCCN1C(=O)C2C3C=CC(C3)C2C1=O)NCC1(Cc2ccccc2)CC1.I. The number of guanidine groups is 1. The first-order chi connectivity index (χ1) is 14.6. The summed E-state index contributed by atoms with van der Waals surface area (Å²) in [5.41, 5.74) is 1.68. The number of amides is 2. The van der Waals surface area contributed by atoms with Crippen LogP contribution in [0.1, 0.15) is 24.8 Å². The van der Waals surface area contributed by atoms with Gasteiger partial charge in [0.05, 0.1) is 11.8 Å². The van der Waals surface area contributed by atoms with Crippen LogP contribution in [0.3, 0.4) is 0 Å². The van der Waals surface area contributed by atoms with Crippen molar-refractivity contribution >= 4 is 41.8 Å². The molecule has 6 nitrogen and oxygen atoms in total. The Balaban J connectivity index is 0.00000231. The number of carbonyl (C=O) groups excluding carboxylic acids is 2. The number of likely N-dealkylation sites (tertiary alicyclic amines) is 1. The fraction of sp³-hybridized carbons (Fsp3) is 0.542. The van der Waals surface area contributed by atoms with Crippen molar-refractivity contribution in [1.29, 1.82) is 0 Å². The average Bonchev–Trinajstić information content (AvgIpc) is 3.10. The summed E-state index contributed by atoms with van der Waals surface area (Å²) in [6.07, 6.45) is 8.76. The number of rotatable bonds is 7. The number of benzene rings is 1. The lowest BCUT2D eigenvalue weighted by molar-refractivity contribution is -0.140. The van der Waals surface area contributed by atoms with Crippen LogP contribution in [0.2, 0.25) is 0 Å². The zero-order valence-corrected chi connectivity index (χ0v) is 20.3. The molecule has 5 rings (SSSR count). The molecule has 0 aromatic heterocycles. The predicted molar refractivity (Wildman–Crippen MR) is 131 cm³/mol. The predicted octanol–water partition coefficient (Wildman–Crippen LogP) is 2.60. The van der Waals surface area contributed by atoms with Gasteiger partial charge >= 0.3 is 0 Å². The van der Waals surface area contributed by atoms with Crippen LogP contribution in [0.15, 0.2) is 47.5 Å². The monoisotopic (exact) mass is 534 g/mol. The zero-order chi connectivity index (χ0) is 20.7. The maximum Gasteiger partial charge on any atom is 0.233 e. The molecule has 1 aromatic carbocycles. The van der Waals surface area contributed by atoms with Crippen LogP contribution in [0.4, 0.5) is 0 Å². The number of allylic oxidation sites excluding steroid dienone is 2. The smallest absolute Gasteiger partial charge is 0.233 e. The van der Waals surface area contributed by atoms with Crippen molar-refractivity contribution in [3.05, 3.63) is 48.0 Å². The van der Waals surface area contributed by atoms with E-state index in [9.17, 15) is 9.59 Å². The van der Waals surface area contributed by atoms with E-state index in [0.29, 0.717) is 18.5 Å². The van der Waals surface area contributed by atoms with Crippen LogP contribution in [0, 0.1) is 29.1 Å². The van der Waals surface area contributed by atoms with Gasteiger partial charge in [-0.1, -0.05) is 42.5 Å². The second kappa shape index (κ2) is 8.92. The third-order valence-electron chi connectivity index (χ3n) is 7.42. The molecule has 4 unspecified atom stereocenters. The van der Waals surface area contributed by atoms with Crippen LogP contribution >= 0.6 is 24.0 Å². The number of halogens is 1.